The minimum Gasteiger partial charge on any atom is -0.457 e. The van der Waals surface area contributed by atoms with Crippen molar-refractivity contribution in [1.82, 2.24) is 14.8 Å². The molecular weight excluding hydrogens is 442 g/mol. The second kappa shape index (κ2) is 12.2. The van der Waals surface area contributed by atoms with E-state index < -0.39 is 6.04 Å². The quantitative estimate of drug-likeness (QED) is 0.394. The molecule has 1 atom stereocenters. The Labute approximate surface area is 206 Å². The van der Waals surface area contributed by atoms with Crippen LogP contribution in [0.2, 0.25) is 0 Å². The van der Waals surface area contributed by atoms with Gasteiger partial charge in [-0.15, -0.1) is 0 Å². The van der Waals surface area contributed by atoms with Crippen LogP contribution in [0.25, 0.3) is 5.69 Å². The smallest absolute Gasteiger partial charge is 0.241 e. The highest BCUT2D eigenvalue weighted by Crippen LogP contribution is 2.24. The molecule has 1 aromatic heterocycles. The van der Waals surface area contributed by atoms with Crippen LogP contribution < -0.4 is 21.1 Å². The summed E-state index contributed by atoms with van der Waals surface area (Å²) in [6, 6.07) is 18.1. The summed E-state index contributed by atoms with van der Waals surface area (Å²) in [7, 11) is 0. The number of aromatic nitrogens is 1. The second-order valence-corrected chi connectivity index (χ2v) is 8.74. The molecule has 0 spiro atoms. The lowest BCUT2D eigenvalue weighted by Gasteiger charge is -2.15. The van der Waals surface area contributed by atoms with Crippen LogP contribution in [0.1, 0.15) is 25.7 Å². The monoisotopic (exact) mass is 475 g/mol. The van der Waals surface area contributed by atoms with E-state index in [1.807, 2.05) is 53.4 Å². The largest absolute Gasteiger partial charge is 0.457 e. The van der Waals surface area contributed by atoms with Crippen LogP contribution in [0.5, 0.6) is 11.5 Å². The van der Waals surface area contributed by atoms with Gasteiger partial charge in [-0.2, -0.15) is 0 Å². The summed E-state index contributed by atoms with van der Waals surface area (Å²) in [5.41, 5.74) is 7.67. The molecule has 35 heavy (non-hydrogen) atoms. The molecule has 8 heteroatoms. The van der Waals surface area contributed by atoms with Crippen LogP contribution in [-0.2, 0) is 9.59 Å². The molecular formula is C27H33N5O3. The summed E-state index contributed by atoms with van der Waals surface area (Å²) < 4.78 is 7.92. The molecule has 0 unspecified atom stereocenters. The van der Waals surface area contributed by atoms with Crippen molar-refractivity contribution in [2.75, 3.05) is 31.5 Å². The number of ether oxygens (including phenoxy) is 1. The molecule has 0 saturated carbocycles. The minimum absolute atomic E-state index is 0.0738. The van der Waals surface area contributed by atoms with Crippen molar-refractivity contribution >= 4 is 17.5 Å². The first-order chi connectivity index (χ1) is 17.1. The Kier molecular flexibility index (Phi) is 8.53. The summed E-state index contributed by atoms with van der Waals surface area (Å²) in [6.07, 6.45) is 6.96. The van der Waals surface area contributed by atoms with Crippen LogP contribution in [0.3, 0.4) is 0 Å². The maximum absolute atomic E-state index is 12.4. The van der Waals surface area contributed by atoms with E-state index in [4.69, 9.17) is 10.5 Å². The molecule has 0 aliphatic carbocycles. The molecule has 1 saturated heterocycles. The van der Waals surface area contributed by atoms with E-state index in [-0.39, 0.29) is 18.2 Å². The molecule has 0 bridgehead atoms. The van der Waals surface area contributed by atoms with E-state index in [2.05, 4.69) is 15.5 Å². The number of hydrogen-bond donors (Lipinski definition) is 3. The van der Waals surface area contributed by atoms with Gasteiger partial charge in [0.05, 0.1) is 6.04 Å². The molecule has 1 aliphatic heterocycles. The van der Waals surface area contributed by atoms with Crippen molar-refractivity contribution in [2.24, 2.45) is 5.73 Å². The predicted molar refractivity (Wildman–Crippen MR) is 137 cm³/mol. The third-order valence-electron chi connectivity index (χ3n) is 6.06. The van der Waals surface area contributed by atoms with Gasteiger partial charge in [0.1, 0.15) is 11.5 Å². The van der Waals surface area contributed by atoms with E-state index >= 15 is 0 Å². The van der Waals surface area contributed by atoms with Crippen molar-refractivity contribution in [1.29, 1.82) is 0 Å². The third kappa shape index (κ3) is 7.43. The highest BCUT2D eigenvalue weighted by atomic mass is 16.5. The summed E-state index contributed by atoms with van der Waals surface area (Å²) in [5, 5.41) is 5.71. The van der Waals surface area contributed by atoms with Gasteiger partial charge in [-0.1, -0.05) is 0 Å². The predicted octanol–water partition coefficient (Wildman–Crippen LogP) is 3.53. The Balaban J connectivity index is 1.17. The number of nitrogens with zero attached hydrogens (tertiary/aromatic N) is 2. The molecule has 1 aliphatic rings. The van der Waals surface area contributed by atoms with Crippen molar-refractivity contribution in [3.8, 4) is 17.2 Å². The molecule has 184 valence electrons. The van der Waals surface area contributed by atoms with Gasteiger partial charge in [-0.25, -0.2) is 0 Å². The summed E-state index contributed by atoms with van der Waals surface area (Å²) in [5.74, 6) is 0.990. The lowest BCUT2D eigenvalue weighted by molar-refractivity contribution is -0.121. The van der Waals surface area contributed by atoms with E-state index in [0.717, 1.165) is 31.1 Å². The highest BCUT2D eigenvalue weighted by Gasteiger charge is 2.16. The molecule has 8 nitrogen and oxygen atoms in total. The van der Waals surface area contributed by atoms with Crippen molar-refractivity contribution in [2.45, 2.75) is 31.7 Å². The number of anilines is 1. The van der Waals surface area contributed by atoms with Gasteiger partial charge in [-0.3, -0.25) is 9.59 Å². The first kappa shape index (κ1) is 24.5. The lowest BCUT2D eigenvalue weighted by Crippen LogP contribution is -2.38. The normalized spacial score (nSPS) is 14.4. The van der Waals surface area contributed by atoms with E-state index in [9.17, 15) is 9.59 Å². The SMILES string of the molecule is N[C@H](CCC(=O)NCCN1CCCC1)C(=O)Nc1ccc(Oc2ccc(-n3cccc3)cc2)cc1. The van der Waals surface area contributed by atoms with Gasteiger partial charge in [0.2, 0.25) is 11.8 Å². The summed E-state index contributed by atoms with van der Waals surface area (Å²) >= 11 is 0. The highest BCUT2D eigenvalue weighted by molar-refractivity contribution is 5.95. The Morgan fingerprint density at radius 1 is 0.943 bits per heavy atom. The summed E-state index contributed by atoms with van der Waals surface area (Å²) in [4.78, 5) is 26.8. The first-order valence-corrected chi connectivity index (χ1v) is 12.1. The maximum Gasteiger partial charge on any atom is 0.241 e. The van der Waals surface area contributed by atoms with Crippen molar-refractivity contribution < 1.29 is 14.3 Å². The van der Waals surface area contributed by atoms with Gasteiger partial charge in [0, 0.05) is 43.3 Å². The first-order valence-electron chi connectivity index (χ1n) is 12.1. The van der Waals surface area contributed by atoms with Gasteiger partial charge in [0.15, 0.2) is 0 Å². The second-order valence-electron chi connectivity index (χ2n) is 8.74. The third-order valence-corrected chi connectivity index (χ3v) is 6.06. The molecule has 2 aromatic carbocycles. The number of amides is 2. The number of likely N-dealkylation sites (tertiary alicyclic amines) is 1. The summed E-state index contributed by atoms with van der Waals surface area (Å²) in [6.45, 7) is 3.72. The topological polar surface area (TPSA) is 102 Å². The molecule has 4 N–H and O–H groups in total. The zero-order chi connectivity index (χ0) is 24.5. The number of carbonyl (C=O) groups is 2. The van der Waals surface area contributed by atoms with Crippen LogP contribution >= 0.6 is 0 Å². The molecule has 0 radical (unpaired) electrons. The number of carbonyl (C=O) groups excluding carboxylic acids is 2. The fourth-order valence-corrected chi connectivity index (χ4v) is 4.04. The van der Waals surface area contributed by atoms with Crippen molar-refractivity contribution in [3.63, 3.8) is 0 Å². The Morgan fingerprint density at radius 2 is 1.57 bits per heavy atom. The zero-order valence-corrected chi connectivity index (χ0v) is 19.9. The van der Waals surface area contributed by atoms with Crippen LogP contribution in [0.15, 0.2) is 73.1 Å². The molecule has 2 heterocycles. The van der Waals surface area contributed by atoms with E-state index in [0.29, 0.717) is 24.4 Å². The van der Waals surface area contributed by atoms with Crippen LogP contribution in [0, 0.1) is 0 Å². The number of nitrogens with two attached hydrogens (primary N) is 1. The van der Waals surface area contributed by atoms with Gasteiger partial charge < -0.3 is 30.6 Å². The standard InChI is InChI=1S/C27H33N5O3/c28-25(13-14-26(33)29-15-20-31-16-1-2-17-31)27(34)30-21-5-9-23(10-6-21)35-24-11-7-22(8-12-24)32-18-3-4-19-32/h3-12,18-19,25H,1-2,13-17,20,28H2,(H,29,33)(H,30,34)/t25-/m1/s1. The molecule has 3 aromatic rings. The number of rotatable bonds is 11. The molecule has 4 rings (SSSR count). The number of hydrogen-bond acceptors (Lipinski definition) is 5. The maximum atomic E-state index is 12.4. The average Bonchev–Trinajstić information content (AvgIpc) is 3.59. The van der Waals surface area contributed by atoms with Gasteiger partial charge >= 0.3 is 0 Å². The van der Waals surface area contributed by atoms with Crippen LogP contribution in [-0.4, -0.2) is 53.5 Å². The van der Waals surface area contributed by atoms with E-state index in [1.165, 1.54) is 12.8 Å². The fourth-order valence-electron chi connectivity index (χ4n) is 4.04. The fraction of sp³-hybridized carbons (Fsp3) is 0.333. The van der Waals surface area contributed by atoms with Gasteiger partial charge in [-0.05, 0) is 93.0 Å². The number of nitrogens with one attached hydrogen (secondary N) is 2. The van der Waals surface area contributed by atoms with Crippen LogP contribution in [0.4, 0.5) is 5.69 Å². The lowest BCUT2D eigenvalue weighted by atomic mass is 10.1. The Hall–Kier alpha value is -3.62. The van der Waals surface area contributed by atoms with Crippen molar-refractivity contribution in [3.05, 3.63) is 73.1 Å². The van der Waals surface area contributed by atoms with Gasteiger partial charge in [0.25, 0.3) is 0 Å². The minimum atomic E-state index is -0.755. The van der Waals surface area contributed by atoms with E-state index in [1.54, 1.807) is 24.3 Å². The Bertz CT molecular complexity index is 1080. The Morgan fingerprint density at radius 3 is 2.23 bits per heavy atom. The molecule has 1 fully saturated rings. The average molecular weight is 476 g/mol. The molecule has 2 amide bonds. The zero-order valence-electron chi connectivity index (χ0n) is 19.9. The number of benzene rings is 2.